The third-order valence-corrected chi connectivity index (χ3v) is 3.91. The van der Waals surface area contributed by atoms with Gasteiger partial charge in [0.25, 0.3) is 0 Å². The van der Waals surface area contributed by atoms with Crippen LogP contribution in [-0.2, 0) is 4.74 Å². The largest absolute Gasteiger partial charge is 0.361 e. The summed E-state index contributed by atoms with van der Waals surface area (Å²) in [7, 11) is 0. The number of nitriles is 1. The number of rotatable bonds is 3. The van der Waals surface area contributed by atoms with E-state index in [1.54, 1.807) is 18.2 Å². The lowest BCUT2D eigenvalue weighted by molar-refractivity contribution is -0.0109. The maximum absolute atomic E-state index is 12.5. The number of carbonyl (C=O) groups excluding carboxylic acids is 1. The van der Waals surface area contributed by atoms with E-state index in [1.807, 2.05) is 11.8 Å². The number of ether oxygens (including phenoxy) is 1. The highest BCUT2D eigenvalue weighted by atomic mass is 35.5. The fourth-order valence-corrected chi connectivity index (χ4v) is 2.68. The number of hydrogen-bond acceptors (Lipinski definition) is 4. The van der Waals surface area contributed by atoms with Crippen molar-refractivity contribution in [2.45, 2.75) is 19.1 Å². The molecule has 0 aliphatic carbocycles. The highest BCUT2D eigenvalue weighted by molar-refractivity contribution is 6.37. The standard InChI is InChI=1S/C14H14Cl2N2O2/c1-9(18-4-5-20-11(7-17)8-18)14(19)12-3-2-10(15)6-13(12)16/h2-3,6,9,11H,4-5,8H2,1H3. The summed E-state index contributed by atoms with van der Waals surface area (Å²) in [5, 5.41) is 9.74. The maximum Gasteiger partial charge on any atom is 0.181 e. The molecule has 0 spiro atoms. The molecule has 0 saturated carbocycles. The first kappa shape index (κ1) is 15.3. The van der Waals surface area contributed by atoms with Crippen molar-refractivity contribution in [1.29, 1.82) is 5.26 Å². The van der Waals surface area contributed by atoms with E-state index in [9.17, 15) is 4.79 Å². The van der Waals surface area contributed by atoms with Crippen LogP contribution in [0.15, 0.2) is 18.2 Å². The summed E-state index contributed by atoms with van der Waals surface area (Å²) < 4.78 is 5.27. The summed E-state index contributed by atoms with van der Waals surface area (Å²) in [6.07, 6.45) is -0.486. The van der Waals surface area contributed by atoms with E-state index in [1.165, 1.54) is 0 Å². The Bertz CT molecular complexity index is 557. The SMILES string of the molecule is CC(C(=O)c1ccc(Cl)cc1Cl)N1CCOC(C#N)C1. The smallest absolute Gasteiger partial charge is 0.181 e. The van der Waals surface area contributed by atoms with Gasteiger partial charge in [-0.3, -0.25) is 9.69 Å². The highest BCUT2D eigenvalue weighted by Gasteiger charge is 2.29. The fourth-order valence-electron chi connectivity index (χ4n) is 2.18. The van der Waals surface area contributed by atoms with E-state index in [0.717, 1.165) is 0 Å². The van der Waals surface area contributed by atoms with Crippen molar-refractivity contribution < 1.29 is 9.53 Å². The van der Waals surface area contributed by atoms with Crippen LogP contribution in [0, 0.1) is 11.3 Å². The second-order valence-electron chi connectivity index (χ2n) is 4.65. The lowest BCUT2D eigenvalue weighted by Crippen LogP contribution is -2.49. The molecule has 106 valence electrons. The molecule has 0 radical (unpaired) electrons. The Hall–Kier alpha value is -1.12. The number of ketones is 1. The number of nitrogens with zero attached hydrogens (tertiary/aromatic N) is 2. The molecule has 1 aliphatic heterocycles. The quantitative estimate of drug-likeness (QED) is 0.805. The normalized spacial score (nSPS) is 21.2. The van der Waals surface area contributed by atoms with Crippen LogP contribution >= 0.6 is 23.2 Å². The molecule has 4 nitrogen and oxygen atoms in total. The van der Waals surface area contributed by atoms with Gasteiger partial charge in [0.1, 0.15) is 0 Å². The number of benzene rings is 1. The van der Waals surface area contributed by atoms with Crippen molar-refractivity contribution in [3.8, 4) is 6.07 Å². The summed E-state index contributed by atoms with van der Waals surface area (Å²) in [6, 6.07) is 6.54. The van der Waals surface area contributed by atoms with Crippen LogP contribution < -0.4 is 0 Å². The number of carbonyl (C=O) groups is 1. The van der Waals surface area contributed by atoms with Gasteiger partial charge >= 0.3 is 0 Å². The molecule has 1 fully saturated rings. The molecule has 6 heteroatoms. The average molecular weight is 313 g/mol. The predicted octanol–water partition coefficient (Wildman–Crippen LogP) is 2.79. The van der Waals surface area contributed by atoms with E-state index in [-0.39, 0.29) is 11.8 Å². The molecule has 1 saturated heterocycles. The lowest BCUT2D eigenvalue weighted by Gasteiger charge is -2.33. The Morgan fingerprint density at radius 2 is 2.30 bits per heavy atom. The molecule has 1 heterocycles. The topological polar surface area (TPSA) is 53.3 Å². The van der Waals surface area contributed by atoms with Gasteiger partial charge in [0.2, 0.25) is 0 Å². The van der Waals surface area contributed by atoms with E-state index in [0.29, 0.717) is 35.3 Å². The molecule has 1 aromatic carbocycles. The number of halogens is 2. The Labute approximate surface area is 127 Å². The molecule has 2 atom stereocenters. The number of hydrogen-bond donors (Lipinski definition) is 0. The lowest BCUT2D eigenvalue weighted by atomic mass is 10.0. The van der Waals surface area contributed by atoms with Crippen molar-refractivity contribution >= 4 is 29.0 Å². The van der Waals surface area contributed by atoms with Gasteiger partial charge < -0.3 is 4.74 Å². The maximum atomic E-state index is 12.5. The minimum atomic E-state index is -0.486. The second-order valence-corrected chi connectivity index (χ2v) is 5.49. The van der Waals surface area contributed by atoms with Gasteiger partial charge in [-0.25, -0.2) is 0 Å². The first-order valence-corrected chi connectivity index (χ1v) is 7.03. The van der Waals surface area contributed by atoms with Crippen LogP contribution in [0.3, 0.4) is 0 Å². The molecule has 0 aromatic heterocycles. The van der Waals surface area contributed by atoms with Gasteiger partial charge in [-0.2, -0.15) is 5.26 Å². The van der Waals surface area contributed by atoms with Crippen LogP contribution in [0.2, 0.25) is 10.0 Å². The van der Waals surface area contributed by atoms with E-state index in [2.05, 4.69) is 6.07 Å². The molecule has 1 aromatic rings. The molecule has 2 unspecified atom stereocenters. The predicted molar refractivity (Wildman–Crippen MR) is 77.2 cm³/mol. The zero-order chi connectivity index (χ0) is 14.7. The van der Waals surface area contributed by atoms with Crippen LogP contribution in [0.25, 0.3) is 0 Å². The third-order valence-electron chi connectivity index (χ3n) is 3.37. The van der Waals surface area contributed by atoms with Crippen molar-refractivity contribution in [3.05, 3.63) is 33.8 Å². The third kappa shape index (κ3) is 3.31. The first-order chi connectivity index (χ1) is 9.52. The zero-order valence-corrected chi connectivity index (χ0v) is 12.5. The average Bonchev–Trinajstić information content (AvgIpc) is 2.46. The summed E-state index contributed by atoms with van der Waals surface area (Å²) in [5.41, 5.74) is 0.448. The van der Waals surface area contributed by atoms with E-state index >= 15 is 0 Å². The molecular formula is C14H14Cl2N2O2. The summed E-state index contributed by atoms with van der Waals surface area (Å²) in [6.45, 7) is 3.31. The fraction of sp³-hybridized carbons (Fsp3) is 0.429. The Morgan fingerprint density at radius 3 is 2.95 bits per heavy atom. The Balaban J connectivity index is 2.14. The van der Waals surface area contributed by atoms with E-state index in [4.69, 9.17) is 33.2 Å². The molecule has 1 aliphatic rings. The summed E-state index contributed by atoms with van der Waals surface area (Å²) >= 11 is 11.9. The Morgan fingerprint density at radius 1 is 1.55 bits per heavy atom. The van der Waals surface area contributed by atoms with Gasteiger partial charge in [0, 0.05) is 23.7 Å². The highest BCUT2D eigenvalue weighted by Crippen LogP contribution is 2.23. The van der Waals surface area contributed by atoms with Gasteiger partial charge in [0.05, 0.1) is 23.7 Å². The summed E-state index contributed by atoms with van der Waals surface area (Å²) in [4.78, 5) is 14.4. The van der Waals surface area contributed by atoms with Gasteiger partial charge in [-0.15, -0.1) is 0 Å². The molecule has 0 bridgehead atoms. The van der Waals surface area contributed by atoms with Gasteiger partial charge in [-0.1, -0.05) is 23.2 Å². The van der Waals surface area contributed by atoms with Crippen LogP contribution in [0.4, 0.5) is 0 Å². The van der Waals surface area contributed by atoms with Crippen LogP contribution in [0.1, 0.15) is 17.3 Å². The molecule has 0 N–H and O–H groups in total. The number of Topliss-reactive ketones (excluding diaryl/α,β-unsaturated/α-hetero) is 1. The number of morpholine rings is 1. The first-order valence-electron chi connectivity index (χ1n) is 6.27. The van der Waals surface area contributed by atoms with Crippen molar-refractivity contribution in [3.63, 3.8) is 0 Å². The minimum Gasteiger partial charge on any atom is -0.361 e. The van der Waals surface area contributed by atoms with E-state index < -0.39 is 6.10 Å². The monoisotopic (exact) mass is 312 g/mol. The minimum absolute atomic E-state index is 0.0785. The second kappa shape index (κ2) is 6.55. The summed E-state index contributed by atoms with van der Waals surface area (Å²) in [5.74, 6) is -0.0785. The van der Waals surface area contributed by atoms with Crippen molar-refractivity contribution in [2.24, 2.45) is 0 Å². The molecule has 0 amide bonds. The zero-order valence-electron chi connectivity index (χ0n) is 11.0. The molecular weight excluding hydrogens is 299 g/mol. The van der Waals surface area contributed by atoms with Crippen LogP contribution in [0.5, 0.6) is 0 Å². The van der Waals surface area contributed by atoms with Crippen molar-refractivity contribution in [2.75, 3.05) is 19.7 Å². The molecule has 20 heavy (non-hydrogen) atoms. The van der Waals surface area contributed by atoms with Gasteiger partial charge in [-0.05, 0) is 25.1 Å². The van der Waals surface area contributed by atoms with Crippen LogP contribution in [-0.4, -0.2) is 42.5 Å². The van der Waals surface area contributed by atoms with Crippen molar-refractivity contribution in [1.82, 2.24) is 4.90 Å². The van der Waals surface area contributed by atoms with Gasteiger partial charge in [0.15, 0.2) is 11.9 Å². The Kier molecular flexibility index (Phi) is 5.00. The molecule has 2 rings (SSSR count).